The van der Waals surface area contributed by atoms with Crippen LogP contribution in [0.15, 0.2) is 0 Å². The van der Waals surface area contributed by atoms with Gasteiger partial charge in [0.1, 0.15) is 6.04 Å². The van der Waals surface area contributed by atoms with E-state index < -0.39 is 22.0 Å². The fourth-order valence-electron chi connectivity index (χ4n) is 2.24. The molecule has 1 saturated carbocycles. The Morgan fingerprint density at radius 2 is 1.89 bits per heavy atom. The Morgan fingerprint density at radius 3 is 2.32 bits per heavy atom. The molecule has 2 aliphatic rings. The van der Waals surface area contributed by atoms with Gasteiger partial charge < -0.3 is 10.4 Å². The fraction of sp³-hybridized carbons (Fsp3) is 0.909. The molecular weight excluding hydrogens is 270 g/mol. The zero-order chi connectivity index (χ0) is 14.0. The van der Waals surface area contributed by atoms with Crippen LogP contribution in [0.4, 0.5) is 0 Å². The molecule has 0 radical (unpaired) electrons. The molecular formula is C11H21N3O4S. The summed E-state index contributed by atoms with van der Waals surface area (Å²) < 4.78 is 24.2. The molecule has 2 N–H and O–H groups in total. The molecule has 0 bridgehead atoms. The molecule has 19 heavy (non-hydrogen) atoms. The van der Waals surface area contributed by atoms with Gasteiger partial charge in [-0.3, -0.25) is 9.69 Å². The number of hydrogen-bond donors (Lipinski definition) is 2. The quantitative estimate of drug-likeness (QED) is 0.637. The maximum absolute atomic E-state index is 11.4. The van der Waals surface area contributed by atoms with Gasteiger partial charge in [-0.05, 0) is 12.8 Å². The van der Waals surface area contributed by atoms with Gasteiger partial charge in [-0.2, -0.15) is 4.31 Å². The van der Waals surface area contributed by atoms with E-state index in [2.05, 4.69) is 5.32 Å². The molecule has 7 nitrogen and oxygen atoms in total. The minimum Gasteiger partial charge on any atom is -0.480 e. The zero-order valence-electron chi connectivity index (χ0n) is 11.1. The first-order valence-electron chi connectivity index (χ1n) is 6.52. The molecule has 1 unspecified atom stereocenters. The summed E-state index contributed by atoms with van der Waals surface area (Å²) in [7, 11) is -3.13. The lowest BCUT2D eigenvalue weighted by atomic mass is 10.2. The van der Waals surface area contributed by atoms with Crippen molar-refractivity contribution >= 4 is 16.0 Å². The number of sulfonamides is 1. The normalized spacial score (nSPS) is 24.3. The van der Waals surface area contributed by atoms with Gasteiger partial charge in [0.2, 0.25) is 10.0 Å². The third-order valence-electron chi connectivity index (χ3n) is 3.55. The van der Waals surface area contributed by atoms with Crippen LogP contribution < -0.4 is 5.32 Å². The SMILES string of the molecule is CS(=O)(=O)N1CCN(CC(NC2CC2)C(=O)O)CC1. The highest BCUT2D eigenvalue weighted by atomic mass is 32.2. The molecule has 0 aromatic heterocycles. The van der Waals surface area contributed by atoms with Gasteiger partial charge in [0.25, 0.3) is 0 Å². The van der Waals surface area contributed by atoms with Crippen LogP contribution in [0.1, 0.15) is 12.8 Å². The molecule has 8 heteroatoms. The Bertz CT molecular complexity index is 427. The van der Waals surface area contributed by atoms with Crippen LogP contribution in [-0.2, 0) is 14.8 Å². The molecule has 1 atom stereocenters. The highest BCUT2D eigenvalue weighted by Gasteiger charge is 2.31. The molecule has 0 aromatic carbocycles. The van der Waals surface area contributed by atoms with Crippen molar-refractivity contribution in [1.82, 2.24) is 14.5 Å². The summed E-state index contributed by atoms with van der Waals surface area (Å²) in [5.41, 5.74) is 0. The molecule has 1 aliphatic heterocycles. The van der Waals surface area contributed by atoms with Gasteiger partial charge >= 0.3 is 5.97 Å². The maximum Gasteiger partial charge on any atom is 0.322 e. The monoisotopic (exact) mass is 291 g/mol. The van der Waals surface area contributed by atoms with Crippen molar-refractivity contribution in [3.63, 3.8) is 0 Å². The number of hydrogen-bond acceptors (Lipinski definition) is 5. The highest BCUT2D eigenvalue weighted by molar-refractivity contribution is 7.88. The Labute approximate surface area is 113 Å². The summed E-state index contributed by atoms with van der Waals surface area (Å²) in [6.07, 6.45) is 3.30. The summed E-state index contributed by atoms with van der Waals surface area (Å²) >= 11 is 0. The first-order valence-corrected chi connectivity index (χ1v) is 8.37. The van der Waals surface area contributed by atoms with E-state index in [0.717, 1.165) is 12.8 Å². The predicted molar refractivity (Wildman–Crippen MR) is 70.4 cm³/mol. The first-order chi connectivity index (χ1) is 8.86. The van der Waals surface area contributed by atoms with Gasteiger partial charge in [-0.15, -0.1) is 0 Å². The molecule has 1 aliphatic carbocycles. The fourth-order valence-corrected chi connectivity index (χ4v) is 3.07. The first kappa shape index (κ1) is 14.7. The number of carboxylic acids is 1. The number of nitrogens with zero attached hydrogens (tertiary/aromatic N) is 2. The Kier molecular flexibility index (Phi) is 4.44. The molecule has 0 aromatic rings. The van der Waals surface area contributed by atoms with Crippen LogP contribution in [0.5, 0.6) is 0 Å². The average Bonchev–Trinajstić information content (AvgIpc) is 3.11. The van der Waals surface area contributed by atoms with Crippen LogP contribution in [0.25, 0.3) is 0 Å². The highest BCUT2D eigenvalue weighted by Crippen LogP contribution is 2.19. The van der Waals surface area contributed by atoms with Crippen molar-refractivity contribution in [3.8, 4) is 0 Å². The van der Waals surface area contributed by atoms with Crippen molar-refractivity contribution in [3.05, 3.63) is 0 Å². The maximum atomic E-state index is 11.4. The van der Waals surface area contributed by atoms with Gasteiger partial charge in [0, 0.05) is 38.8 Å². The van der Waals surface area contributed by atoms with E-state index >= 15 is 0 Å². The smallest absolute Gasteiger partial charge is 0.322 e. The summed E-state index contributed by atoms with van der Waals surface area (Å²) in [6, 6.07) is -0.212. The van der Waals surface area contributed by atoms with Crippen LogP contribution >= 0.6 is 0 Å². The average molecular weight is 291 g/mol. The van der Waals surface area contributed by atoms with E-state index in [1.165, 1.54) is 10.6 Å². The van der Waals surface area contributed by atoms with Crippen molar-refractivity contribution in [2.24, 2.45) is 0 Å². The topological polar surface area (TPSA) is 90.0 Å². The third-order valence-corrected chi connectivity index (χ3v) is 4.86. The zero-order valence-corrected chi connectivity index (χ0v) is 11.9. The Balaban J connectivity index is 1.81. The molecule has 1 heterocycles. The van der Waals surface area contributed by atoms with E-state index in [4.69, 9.17) is 5.11 Å². The standard InChI is InChI=1S/C11H21N3O4S/c1-19(17,18)14-6-4-13(5-7-14)8-10(11(15)16)12-9-2-3-9/h9-10,12H,2-8H2,1H3,(H,15,16). The summed E-state index contributed by atoms with van der Waals surface area (Å²) in [4.78, 5) is 13.2. The third kappa shape index (κ3) is 4.41. The molecule has 2 rings (SSSR count). The second-order valence-corrected chi connectivity index (χ2v) is 7.28. The minimum absolute atomic E-state index is 0.346. The molecule has 110 valence electrons. The second kappa shape index (κ2) is 5.74. The Hall–Kier alpha value is -0.700. The summed E-state index contributed by atoms with van der Waals surface area (Å²) in [5, 5.41) is 12.3. The van der Waals surface area contributed by atoms with E-state index in [9.17, 15) is 13.2 Å². The van der Waals surface area contributed by atoms with Crippen LogP contribution in [-0.4, -0.2) is 79.8 Å². The largest absolute Gasteiger partial charge is 0.480 e. The summed E-state index contributed by atoms with van der Waals surface area (Å²) in [5.74, 6) is -0.836. The Morgan fingerprint density at radius 1 is 1.32 bits per heavy atom. The van der Waals surface area contributed by atoms with E-state index in [1.54, 1.807) is 0 Å². The lowest BCUT2D eigenvalue weighted by Gasteiger charge is -2.34. The van der Waals surface area contributed by atoms with E-state index in [1.807, 2.05) is 4.90 Å². The van der Waals surface area contributed by atoms with Crippen molar-refractivity contribution in [1.29, 1.82) is 0 Å². The van der Waals surface area contributed by atoms with Gasteiger partial charge in [-0.1, -0.05) is 0 Å². The second-order valence-electron chi connectivity index (χ2n) is 5.29. The number of carbonyl (C=O) groups is 1. The molecule has 2 fully saturated rings. The molecule has 1 saturated heterocycles. The van der Waals surface area contributed by atoms with Crippen molar-refractivity contribution < 1.29 is 18.3 Å². The number of aliphatic carboxylic acids is 1. The lowest BCUT2D eigenvalue weighted by molar-refractivity contribution is -0.140. The van der Waals surface area contributed by atoms with Crippen molar-refractivity contribution in [2.45, 2.75) is 24.9 Å². The molecule has 0 spiro atoms. The predicted octanol–water partition coefficient (Wildman–Crippen LogP) is -1.23. The van der Waals surface area contributed by atoms with Gasteiger partial charge in [0.15, 0.2) is 0 Å². The number of carboxylic acid groups (broad SMARTS) is 1. The van der Waals surface area contributed by atoms with Gasteiger partial charge in [-0.25, -0.2) is 8.42 Å². The van der Waals surface area contributed by atoms with Crippen LogP contribution in [0.3, 0.4) is 0 Å². The summed E-state index contributed by atoms with van der Waals surface area (Å²) in [6.45, 7) is 2.49. The van der Waals surface area contributed by atoms with Crippen LogP contribution in [0, 0.1) is 0 Å². The number of rotatable bonds is 6. The lowest BCUT2D eigenvalue weighted by Crippen LogP contribution is -2.53. The molecule has 0 amide bonds. The van der Waals surface area contributed by atoms with Crippen molar-refractivity contribution in [2.75, 3.05) is 39.0 Å². The van der Waals surface area contributed by atoms with Crippen LogP contribution in [0.2, 0.25) is 0 Å². The van der Waals surface area contributed by atoms with E-state index in [-0.39, 0.29) is 0 Å². The van der Waals surface area contributed by atoms with E-state index in [0.29, 0.717) is 38.8 Å². The van der Waals surface area contributed by atoms with Gasteiger partial charge in [0.05, 0.1) is 6.26 Å². The minimum atomic E-state index is -3.13. The number of nitrogens with one attached hydrogen (secondary N) is 1. The number of piperazine rings is 1.